The van der Waals surface area contributed by atoms with Gasteiger partial charge >= 0.3 is 12.1 Å². The van der Waals surface area contributed by atoms with Crippen LogP contribution in [0.2, 0.25) is 0 Å². The van der Waals surface area contributed by atoms with Crippen LogP contribution in [0.4, 0.5) is 10.5 Å². The molecule has 1 atom stereocenters. The van der Waals surface area contributed by atoms with Crippen molar-refractivity contribution in [2.75, 3.05) is 5.32 Å². The third-order valence-corrected chi connectivity index (χ3v) is 5.61. The molecule has 33 heavy (non-hydrogen) atoms. The van der Waals surface area contributed by atoms with Crippen LogP contribution in [0.1, 0.15) is 37.2 Å². The maximum Gasteiger partial charge on any atom is 0.412 e. The number of nitrogens with one attached hydrogen (secondary N) is 1. The Morgan fingerprint density at radius 2 is 1.97 bits per heavy atom. The molecular formula is C24H18N4O5. The summed E-state index contributed by atoms with van der Waals surface area (Å²) in [6.45, 7) is 1.77. The van der Waals surface area contributed by atoms with Gasteiger partial charge in [0, 0.05) is 5.57 Å². The topological polar surface area (TPSA) is 126 Å². The first-order chi connectivity index (χ1) is 15.9. The third-order valence-electron chi connectivity index (χ3n) is 5.61. The van der Waals surface area contributed by atoms with Crippen molar-refractivity contribution in [2.45, 2.75) is 25.9 Å². The summed E-state index contributed by atoms with van der Waals surface area (Å²) in [5.74, 6) is 5.40. The van der Waals surface area contributed by atoms with E-state index in [0.717, 1.165) is 11.1 Å². The van der Waals surface area contributed by atoms with Crippen LogP contribution in [-0.2, 0) is 9.53 Å². The highest BCUT2D eigenvalue weighted by atomic mass is 16.6. The van der Waals surface area contributed by atoms with Crippen molar-refractivity contribution >= 4 is 29.3 Å². The number of rotatable bonds is 5. The van der Waals surface area contributed by atoms with Crippen LogP contribution in [0.25, 0.3) is 0 Å². The fraction of sp³-hybridized carbons (Fsp3) is 0.208. The molecular weight excluding hydrogens is 424 g/mol. The lowest BCUT2D eigenvalue weighted by molar-refractivity contribution is -0.141. The SMILES string of the molecule is CC(OC(=O)Nc1cnoc1C#CC1=NC2=NC(C3(C(=O)O)CC3)=CC2=C1)c1ccccc1. The molecule has 0 spiro atoms. The molecule has 1 saturated carbocycles. The zero-order valence-corrected chi connectivity index (χ0v) is 17.5. The Morgan fingerprint density at radius 3 is 2.67 bits per heavy atom. The van der Waals surface area contributed by atoms with Gasteiger partial charge < -0.3 is 14.4 Å². The van der Waals surface area contributed by atoms with Crippen molar-refractivity contribution in [3.05, 3.63) is 71.3 Å². The summed E-state index contributed by atoms with van der Waals surface area (Å²) < 4.78 is 10.5. The van der Waals surface area contributed by atoms with Gasteiger partial charge in [0.25, 0.3) is 0 Å². The number of amidine groups is 1. The molecule has 1 fully saturated rings. The Morgan fingerprint density at radius 1 is 1.18 bits per heavy atom. The fourth-order valence-corrected chi connectivity index (χ4v) is 3.56. The first-order valence-corrected chi connectivity index (χ1v) is 10.3. The number of fused-ring (bicyclic) bond motifs is 1. The molecule has 1 aromatic heterocycles. The number of amides is 1. The smallest absolute Gasteiger partial charge is 0.412 e. The molecule has 0 bridgehead atoms. The van der Waals surface area contributed by atoms with E-state index in [1.165, 1.54) is 6.20 Å². The Hall–Kier alpha value is -4.45. The van der Waals surface area contributed by atoms with Gasteiger partial charge in [-0.3, -0.25) is 10.1 Å². The van der Waals surface area contributed by atoms with Crippen LogP contribution in [0.5, 0.6) is 0 Å². The fourth-order valence-electron chi connectivity index (χ4n) is 3.56. The van der Waals surface area contributed by atoms with Gasteiger partial charge in [0.05, 0.1) is 11.9 Å². The average molecular weight is 442 g/mol. The minimum atomic E-state index is -0.868. The molecule has 9 heteroatoms. The minimum absolute atomic E-state index is 0.151. The highest BCUT2D eigenvalue weighted by molar-refractivity contribution is 6.26. The van der Waals surface area contributed by atoms with Gasteiger partial charge in [-0.2, -0.15) is 0 Å². The molecule has 9 nitrogen and oxygen atoms in total. The number of benzene rings is 1. The Kier molecular flexibility index (Phi) is 4.90. The molecule has 5 rings (SSSR count). The lowest BCUT2D eigenvalue weighted by Crippen LogP contribution is -2.16. The van der Waals surface area contributed by atoms with Gasteiger partial charge in [-0.1, -0.05) is 35.5 Å². The standard InChI is InChI=1S/C24H18N4O5/c1-14(15-5-3-2-4-6-15)32-23(31)27-18-13-25-33-19(18)8-7-17-11-16-12-20(28-21(16)26-17)24(9-10-24)22(29)30/h2-6,11-14H,9-10H2,1H3,(H,27,31)(H,29,30). The van der Waals surface area contributed by atoms with Crippen LogP contribution in [0.3, 0.4) is 0 Å². The molecule has 2 aromatic rings. The number of aliphatic imine (C=N–C) groups is 2. The second-order valence-electron chi connectivity index (χ2n) is 7.85. The molecule has 1 aromatic carbocycles. The summed E-state index contributed by atoms with van der Waals surface area (Å²) in [5, 5.41) is 15.7. The zero-order valence-electron chi connectivity index (χ0n) is 17.5. The van der Waals surface area contributed by atoms with E-state index in [0.29, 0.717) is 30.1 Å². The van der Waals surface area contributed by atoms with Crippen molar-refractivity contribution in [1.82, 2.24) is 5.16 Å². The number of aromatic nitrogens is 1. The largest absolute Gasteiger partial charge is 0.481 e. The van der Waals surface area contributed by atoms with E-state index >= 15 is 0 Å². The number of allylic oxidation sites excluding steroid dienone is 1. The van der Waals surface area contributed by atoms with Crippen molar-refractivity contribution in [2.24, 2.45) is 15.4 Å². The summed E-state index contributed by atoms with van der Waals surface area (Å²) in [6.07, 6.45) is 4.89. The van der Waals surface area contributed by atoms with E-state index in [2.05, 4.69) is 32.3 Å². The van der Waals surface area contributed by atoms with Crippen molar-refractivity contribution in [3.8, 4) is 11.8 Å². The first kappa shape index (κ1) is 20.5. The molecule has 2 aliphatic heterocycles. The second kappa shape index (κ2) is 7.91. The van der Waals surface area contributed by atoms with E-state index < -0.39 is 23.6 Å². The maximum atomic E-state index is 12.3. The lowest BCUT2D eigenvalue weighted by atomic mass is 10.0. The van der Waals surface area contributed by atoms with Gasteiger partial charge in [-0.05, 0) is 49.3 Å². The minimum Gasteiger partial charge on any atom is -0.481 e. The Bertz CT molecular complexity index is 1330. The molecule has 1 aliphatic carbocycles. The van der Waals surface area contributed by atoms with E-state index in [-0.39, 0.29) is 11.4 Å². The second-order valence-corrected chi connectivity index (χ2v) is 7.85. The molecule has 0 saturated heterocycles. The molecule has 164 valence electrons. The molecule has 0 radical (unpaired) electrons. The van der Waals surface area contributed by atoms with Crippen LogP contribution in [0, 0.1) is 17.3 Å². The number of hydrogen-bond acceptors (Lipinski definition) is 7. The molecule has 3 aliphatic rings. The highest BCUT2D eigenvalue weighted by Crippen LogP contribution is 2.54. The van der Waals surface area contributed by atoms with Crippen LogP contribution < -0.4 is 5.32 Å². The van der Waals surface area contributed by atoms with Crippen molar-refractivity contribution in [1.29, 1.82) is 0 Å². The van der Waals surface area contributed by atoms with Gasteiger partial charge in [0.15, 0.2) is 5.84 Å². The monoisotopic (exact) mass is 442 g/mol. The number of nitrogens with zero attached hydrogens (tertiary/aromatic N) is 3. The van der Waals surface area contributed by atoms with E-state index in [4.69, 9.17) is 9.26 Å². The van der Waals surface area contributed by atoms with Crippen LogP contribution in [0.15, 0.2) is 74.5 Å². The molecule has 1 unspecified atom stereocenters. The maximum absolute atomic E-state index is 12.3. The predicted octanol–water partition coefficient (Wildman–Crippen LogP) is 3.88. The average Bonchev–Trinajstić information content (AvgIpc) is 3.12. The Labute approximate surface area is 188 Å². The van der Waals surface area contributed by atoms with Gasteiger partial charge in [-0.15, -0.1) is 0 Å². The molecule has 3 heterocycles. The predicted molar refractivity (Wildman–Crippen MR) is 119 cm³/mol. The molecule has 1 amide bonds. The number of ether oxygens (including phenoxy) is 1. The number of hydrogen-bond donors (Lipinski definition) is 2. The van der Waals surface area contributed by atoms with Crippen molar-refractivity contribution < 1.29 is 24.0 Å². The van der Waals surface area contributed by atoms with E-state index in [9.17, 15) is 14.7 Å². The summed E-state index contributed by atoms with van der Waals surface area (Å²) in [4.78, 5) is 32.5. The number of carboxylic acid groups (broad SMARTS) is 1. The highest BCUT2D eigenvalue weighted by Gasteiger charge is 2.55. The number of aliphatic carboxylic acids is 1. The number of carboxylic acids is 1. The van der Waals surface area contributed by atoms with Crippen LogP contribution >= 0.6 is 0 Å². The quantitative estimate of drug-likeness (QED) is 0.677. The number of carbonyl (C=O) groups excluding carboxylic acids is 1. The summed E-state index contributed by atoms with van der Waals surface area (Å²) in [5.41, 5.74) is 1.99. The number of anilines is 1. The van der Waals surface area contributed by atoms with Crippen LogP contribution in [-0.4, -0.2) is 33.9 Å². The normalized spacial score (nSPS) is 18.0. The lowest BCUT2D eigenvalue weighted by Gasteiger charge is -2.13. The molecule has 2 N–H and O–H groups in total. The van der Waals surface area contributed by atoms with Gasteiger partial charge in [0.1, 0.15) is 22.9 Å². The first-order valence-electron chi connectivity index (χ1n) is 10.3. The van der Waals surface area contributed by atoms with E-state index in [1.807, 2.05) is 30.3 Å². The number of carbonyl (C=O) groups is 2. The van der Waals surface area contributed by atoms with Gasteiger partial charge in [-0.25, -0.2) is 14.8 Å². The Balaban J connectivity index is 1.24. The van der Waals surface area contributed by atoms with Gasteiger partial charge in [0.2, 0.25) is 5.76 Å². The van der Waals surface area contributed by atoms with Crippen molar-refractivity contribution in [3.63, 3.8) is 0 Å². The zero-order chi connectivity index (χ0) is 23.0. The summed E-state index contributed by atoms with van der Waals surface area (Å²) in [6, 6.07) is 9.37. The van der Waals surface area contributed by atoms with E-state index in [1.54, 1.807) is 19.1 Å². The third kappa shape index (κ3) is 3.94. The summed E-state index contributed by atoms with van der Waals surface area (Å²) >= 11 is 0. The summed E-state index contributed by atoms with van der Waals surface area (Å²) in [7, 11) is 0.